The molecule has 49 heavy (non-hydrogen) atoms. The fourth-order valence-corrected chi connectivity index (χ4v) is 10.6. The number of amides is 5. The molecular weight excluding hydrogens is 693 g/mol. The van der Waals surface area contributed by atoms with Gasteiger partial charge in [0.05, 0.1) is 22.6 Å². The first-order valence-corrected chi connectivity index (χ1v) is 20.4. The van der Waals surface area contributed by atoms with E-state index in [0.29, 0.717) is 32.1 Å². The number of carbonyl (C=O) groups is 5. The number of Topliss-reactive ketones (excluding diaryl/α,β-unsaturated/α-hetero) is 1. The van der Waals surface area contributed by atoms with Crippen molar-refractivity contribution in [3.8, 4) is 0 Å². The molecule has 4 N–H and O–H groups in total. The van der Waals surface area contributed by atoms with E-state index in [2.05, 4.69) is 21.3 Å². The summed E-state index contributed by atoms with van der Waals surface area (Å²) >= 11 is 13.2. The van der Waals surface area contributed by atoms with Crippen molar-refractivity contribution in [1.82, 2.24) is 26.2 Å². The van der Waals surface area contributed by atoms with Crippen LogP contribution in [0.4, 0.5) is 4.79 Å². The van der Waals surface area contributed by atoms with E-state index >= 15 is 0 Å². The Labute approximate surface area is 301 Å². The Bertz CT molecular complexity index is 1370. The summed E-state index contributed by atoms with van der Waals surface area (Å²) in [6.07, 6.45) is 8.10. The Morgan fingerprint density at radius 2 is 1.57 bits per heavy atom. The van der Waals surface area contributed by atoms with Crippen molar-refractivity contribution in [3.05, 3.63) is 0 Å². The molecule has 0 aromatic carbocycles. The van der Waals surface area contributed by atoms with Gasteiger partial charge in [0.15, 0.2) is 9.84 Å². The van der Waals surface area contributed by atoms with E-state index in [0.717, 1.165) is 38.5 Å². The van der Waals surface area contributed by atoms with Gasteiger partial charge in [0, 0.05) is 18.5 Å². The van der Waals surface area contributed by atoms with E-state index in [9.17, 15) is 32.4 Å². The van der Waals surface area contributed by atoms with Crippen LogP contribution in [0.25, 0.3) is 0 Å². The number of alkyl halides is 2. The molecule has 4 rings (SSSR count). The lowest BCUT2D eigenvalue weighted by Crippen LogP contribution is -2.65. The van der Waals surface area contributed by atoms with Crippen molar-refractivity contribution in [2.45, 2.75) is 157 Å². The maximum absolute atomic E-state index is 14.5. The zero-order valence-corrected chi connectivity index (χ0v) is 31.9. The third-order valence-corrected chi connectivity index (χ3v) is 13.6. The minimum absolute atomic E-state index is 0.0332. The van der Waals surface area contributed by atoms with Crippen molar-refractivity contribution in [1.29, 1.82) is 0 Å². The molecule has 2 saturated heterocycles. The molecule has 4 aliphatic rings. The van der Waals surface area contributed by atoms with Crippen LogP contribution in [0.1, 0.15) is 118 Å². The van der Waals surface area contributed by atoms with E-state index in [1.807, 2.05) is 6.92 Å². The minimum atomic E-state index is -3.38. The highest BCUT2D eigenvalue weighted by Crippen LogP contribution is 2.42. The summed E-state index contributed by atoms with van der Waals surface area (Å²) < 4.78 is 24.7. The van der Waals surface area contributed by atoms with Crippen LogP contribution < -0.4 is 21.3 Å². The van der Waals surface area contributed by atoms with E-state index in [1.165, 1.54) is 4.90 Å². The second-order valence-electron chi connectivity index (χ2n) is 15.8. The number of unbranched alkanes of at least 4 members (excludes halogenated alkanes) is 1. The smallest absolute Gasteiger partial charge is 0.315 e. The molecule has 12 nitrogen and oxygen atoms in total. The van der Waals surface area contributed by atoms with Gasteiger partial charge in [0.25, 0.3) is 5.91 Å². The lowest BCUT2D eigenvalue weighted by atomic mass is 9.78. The van der Waals surface area contributed by atoms with Crippen LogP contribution in [0.15, 0.2) is 0 Å². The predicted octanol–water partition coefficient (Wildman–Crippen LogP) is 3.91. The number of halogens is 2. The largest absolute Gasteiger partial charge is 0.347 e. The van der Waals surface area contributed by atoms with E-state index in [-0.39, 0.29) is 31.2 Å². The Balaban J connectivity index is 1.57. The molecular formula is C34H55Cl2N5O7S. The fraction of sp³-hybridized carbons (Fsp3) is 0.853. The van der Waals surface area contributed by atoms with Crippen molar-refractivity contribution < 1.29 is 32.4 Å². The summed E-state index contributed by atoms with van der Waals surface area (Å²) in [5, 5.41) is 10.7. The minimum Gasteiger partial charge on any atom is -0.347 e. The molecule has 4 fully saturated rings. The lowest BCUT2D eigenvalue weighted by molar-refractivity contribution is -0.144. The number of nitrogens with one attached hydrogen (secondary N) is 4. The van der Waals surface area contributed by atoms with Crippen molar-refractivity contribution in [3.63, 3.8) is 0 Å². The topological polar surface area (TPSA) is 171 Å². The van der Waals surface area contributed by atoms with Crippen molar-refractivity contribution in [2.24, 2.45) is 11.3 Å². The molecule has 0 spiro atoms. The van der Waals surface area contributed by atoms with Crippen molar-refractivity contribution in [2.75, 3.05) is 12.3 Å². The summed E-state index contributed by atoms with van der Waals surface area (Å²) in [4.78, 5) is 69.6. The standard InChI is InChI=1S/C34H55Cl2N5O7S/c1-6-7-12-23(26(42)29(44)37-21-14-15-21)38-28(43)25-22(33(5,35)36)16-19-41(25)30(45)27(32(2,3)4)39-31(46)40-34(17-9-8-10-18-34)24-13-11-20-49(24,47)48/h21-25,27H,6-20H2,1-5H3,(H,37,44)(H,38,43)(H2,39,40,46)/t22?,23-,24?,25?,27+/m0/s1. The van der Waals surface area contributed by atoms with Gasteiger partial charge < -0.3 is 26.2 Å². The number of urea groups is 1. The summed E-state index contributed by atoms with van der Waals surface area (Å²) in [6, 6.07) is -4.06. The van der Waals surface area contributed by atoms with Gasteiger partial charge in [-0.1, -0.05) is 59.8 Å². The van der Waals surface area contributed by atoms with E-state index in [1.54, 1.807) is 27.7 Å². The Morgan fingerprint density at radius 1 is 0.918 bits per heavy atom. The van der Waals surface area contributed by atoms with Gasteiger partial charge in [0.2, 0.25) is 17.6 Å². The Morgan fingerprint density at radius 3 is 2.10 bits per heavy atom. The number of hydrogen-bond acceptors (Lipinski definition) is 7. The Kier molecular flexibility index (Phi) is 12.7. The molecule has 0 radical (unpaired) electrons. The summed E-state index contributed by atoms with van der Waals surface area (Å²) in [5.41, 5.74) is -1.74. The number of rotatable bonds is 13. The Hall–Kier alpha value is -2.12. The van der Waals surface area contributed by atoms with Crippen LogP contribution in [-0.4, -0.2) is 94.4 Å². The van der Waals surface area contributed by atoms with Crippen LogP contribution in [0.3, 0.4) is 0 Å². The molecule has 2 aliphatic carbocycles. The lowest BCUT2D eigenvalue weighted by Gasteiger charge is -2.43. The van der Waals surface area contributed by atoms with E-state index in [4.69, 9.17) is 23.2 Å². The normalized spacial score (nSPS) is 26.3. The first-order valence-electron chi connectivity index (χ1n) is 17.9. The van der Waals surface area contributed by atoms with Gasteiger partial charge >= 0.3 is 6.03 Å². The molecule has 5 atom stereocenters. The van der Waals surface area contributed by atoms with E-state index < -0.39 is 84.0 Å². The average molecular weight is 749 g/mol. The zero-order chi connectivity index (χ0) is 36.4. The highest BCUT2D eigenvalue weighted by Gasteiger charge is 2.53. The SMILES string of the molecule is CCCC[C@H](NC(=O)C1C(C(C)(Cl)Cl)CCN1C(=O)[C@@H](NC(=O)NC1(C2CCCS2(=O)=O)CCCCC1)C(C)(C)C)C(=O)C(=O)NC1CC1. The molecule has 0 bridgehead atoms. The molecule has 3 unspecified atom stereocenters. The summed E-state index contributed by atoms with van der Waals surface area (Å²) in [6.45, 7) is 8.98. The van der Waals surface area contributed by atoms with Gasteiger partial charge in [0.1, 0.15) is 16.4 Å². The van der Waals surface area contributed by atoms with Gasteiger partial charge in [-0.25, -0.2) is 13.2 Å². The maximum Gasteiger partial charge on any atom is 0.315 e. The van der Waals surface area contributed by atoms with Crippen LogP contribution in [0, 0.1) is 11.3 Å². The van der Waals surface area contributed by atoms with Gasteiger partial charge in [-0.05, 0) is 63.7 Å². The number of ketones is 1. The van der Waals surface area contributed by atoms with Crippen molar-refractivity contribution >= 4 is 62.6 Å². The van der Waals surface area contributed by atoms with Crippen LogP contribution >= 0.6 is 23.2 Å². The first-order chi connectivity index (χ1) is 22.8. The number of likely N-dealkylation sites (tertiary alicyclic amines) is 1. The zero-order valence-electron chi connectivity index (χ0n) is 29.5. The first kappa shape index (κ1) is 39.7. The average Bonchev–Trinajstić information content (AvgIpc) is 3.56. The summed E-state index contributed by atoms with van der Waals surface area (Å²) in [5.74, 6) is -3.29. The highest BCUT2D eigenvalue weighted by molar-refractivity contribution is 7.92. The third kappa shape index (κ3) is 9.61. The second kappa shape index (κ2) is 15.6. The fourth-order valence-electron chi connectivity index (χ4n) is 7.80. The number of carbonyl (C=O) groups excluding carboxylic acids is 5. The monoisotopic (exact) mass is 747 g/mol. The molecule has 0 aromatic rings. The number of nitrogens with zero attached hydrogens (tertiary/aromatic N) is 1. The quantitative estimate of drug-likeness (QED) is 0.164. The highest BCUT2D eigenvalue weighted by atomic mass is 35.5. The van der Waals surface area contributed by atoms with Crippen LogP contribution in [0.5, 0.6) is 0 Å². The van der Waals surface area contributed by atoms with Crippen LogP contribution in [-0.2, 0) is 29.0 Å². The number of hydrogen-bond donors (Lipinski definition) is 4. The van der Waals surface area contributed by atoms with Gasteiger partial charge in [-0.3, -0.25) is 19.2 Å². The second-order valence-corrected chi connectivity index (χ2v) is 19.8. The molecule has 278 valence electrons. The summed E-state index contributed by atoms with van der Waals surface area (Å²) in [7, 11) is -3.38. The van der Waals surface area contributed by atoms with Crippen LogP contribution in [0.2, 0.25) is 0 Å². The molecule has 2 saturated carbocycles. The van der Waals surface area contributed by atoms with Gasteiger partial charge in [-0.15, -0.1) is 23.2 Å². The molecule has 2 heterocycles. The van der Waals surface area contributed by atoms with Gasteiger partial charge in [-0.2, -0.15) is 0 Å². The maximum atomic E-state index is 14.5. The molecule has 2 aliphatic heterocycles. The number of sulfone groups is 1. The molecule has 0 aromatic heterocycles. The molecule has 15 heteroatoms. The predicted molar refractivity (Wildman–Crippen MR) is 189 cm³/mol. The molecule has 5 amide bonds. The third-order valence-electron chi connectivity index (χ3n) is 10.7.